The van der Waals surface area contributed by atoms with Crippen LogP contribution in [-0.4, -0.2) is 26.3 Å². The molecule has 1 aromatic carbocycles. The maximum Gasteiger partial charge on any atom is 0.408 e. The van der Waals surface area contributed by atoms with Gasteiger partial charge in [0.15, 0.2) is 0 Å². The number of amides is 1. The van der Waals surface area contributed by atoms with Crippen LogP contribution in [0.15, 0.2) is 30.3 Å². The first-order valence-electron chi connectivity index (χ1n) is 7.91. The number of hydrogen-bond acceptors (Lipinski definition) is 4. The van der Waals surface area contributed by atoms with Crippen molar-refractivity contribution in [2.75, 3.05) is 0 Å². The smallest absolute Gasteiger partial charge is 0.408 e. The lowest BCUT2D eigenvalue weighted by atomic mass is 9.84. The Balaban J connectivity index is 1.62. The van der Waals surface area contributed by atoms with Crippen LogP contribution < -0.4 is 5.32 Å². The fraction of sp³-hybridized carbons (Fsp3) is 0.529. The summed E-state index contributed by atoms with van der Waals surface area (Å²) in [6, 6.07) is 11.7. The summed E-state index contributed by atoms with van der Waals surface area (Å²) in [4.78, 5) is 12.1. The van der Waals surface area contributed by atoms with E-state index in [0.717, 1.165) is 24.8 Å². The van der Waals surface area contributed by atoms with Crippen molar-refractivity contribution in [3.05, 3.63) is 35.9 Å². The average molecular weight is 332 g/mol. The lowest BCUT2D eigenvalue weighted by Gasteiger charge is -2.42. The monoisotopic (exact) mass is 332 g/mol. The van der Waals surface area contributed by atoms with Crippen molar-refractivity contribution in [1.29, 1.82) is 5.26 Å². The van der Waals surface area contributed by atoms with Gasteiger partial charge in [-0.1, -0.05) is 36.8 Å². The summed E-state index contributed by atoms with van der Waals surface area (Å²) in [6.07, 6.45) is 3.11. The van der Waals surface area contributed by atoms with Crippen molar-refractivity contribution >= 4 is 16.9 Å². The van der Waals surface area contributed by atoms with Crippen LogP contribution in [0.2, 0.25) is 0 Å². The number of fused-ring (bicyclic) bond motifs is 2. The van der Waals surface area contributed by atoms with Crippen LogP contribution in [0.25, 0.3) is 0 Å². The molecular formula is C17H20N2O3S. The van der Waals surface area contributed by atoms with Crippen molar-refractivity contribution in [3.63, 3.8) is 0 Å². The molecule has 0 aliphatic carbocycles. The molecule has 2 unspecified atom stereocenters. The maximum absolute atomic E-state index is 12.3. The third-order valence-electron chi connectivity index (χ3n) is 4.63. The molecule has 1 aromatic rings. The zero-order valence-corrected chi connectivity index (χ0v) is 13.7. The van der Waals surface area contributed by atoms with E-state index < -0.39 is 22.4 Å². The number of carbonyl (C=O) groups excluding carboxylic acids is 1. The number of ether oxygens (including phenoxy) is 1. The first kappa shape index (κ1) is 16.0. The van der Waals surface area contributed by atoms with Crippen molar-refractivity contribution in [3.8, 4) is 6.07 Å². The number of benzene rings is 1. The molecule has 2 aliphatic heterocycles. The second-order valence-corrected chi connectivity index (χ2v) is 8.28. The Labute approximate surface area is 138 Å². The Morgan fingerprint density at radius 3 is 2.57 bits per heavy atom. The van der Waals surface area contributed by atoms with Gasteiger partial charge in [-0.05, 0) is 31.2 Å². The zero-order chi connectivity index (χ0) is 16.3. The lowest BCUT2D eigenvalue weighted by molar-refractivity contribution is 0.127. The van der Waals surface area contributed by atoms with Gasteiger partial charge < -0.3 is 10.1 Å². The van der Waals surface area contributed by atoms with Crippen LogP contribution in [0.3, 0.4) is 0 Å². The molecule has 122 valence electrons. The number of nitrogens with zero attached hydrogens (tertiary/aromatic N) is 1. The Morgan fingerprint density at radius 1 is 1.30 bits per heavy atom. The number of rotatable bonds is 3. The molecular weight excluding hydrogens is 312 g/mol. The number of nitrogens with one attached hydrogen (secondary N) is 1. The molecule has 6 heteroatoms. The van der Waals surface area contributed by atoms with E-state index in [4.69, 9.17) is 4.74 Å². The van der Waals surface area contributed by atoms with Gasteiger partial charge >= 0.3 is 6.09 Å². The molecule has 0 radical (unpaired) electrons. The summed E-state index contributed by atoms with van der Waals surface area (Å²) in [6.45, 7) is 0.174. The van der Waals surface area contributed by atoms with E-state index in [-0.39, 0.29) is 17.1 Å². The van der Waals surface area contributed by atoms with Gasteiger partial charge in [0.2, 0.25) is 0 Å². The van der Waals surface area contributed by atoms with Crippen LogP contribution in [-0.2, 0) is 22.1 Å². The Hall–Kier alpha value is -1.87. The fourth-order valence-electron chi connectivity index (χ4n) is 3.48. The molecule has 0 saturated carbocycles. The normalized spacial score (nSPS) is 32.6. The first-order valence-corrected chi connectivity index (χ1v) is 9.19. The molecule has 2 fully saturated rings. The number of nitriles is 1. The van der Waals surface area contributed by atoms with Crippen LogP contribution in [0.1, 0.15) is 37.7 Å². The van der Waals surface area contributed by atoms with Gasteiger partial charge in [-0.2, -0.15) is 5.26 Å². The lowest BCUT2D eigenvalue weighted by Crippen LogP contribution is -2.57. The molecule has 2 saturated heterocycles. The quantitative estimate of drug-likeness (QED) is 0.923. The molecule has 2 bridgehead atoms. The molecule has 0 spiro atoms. The second-order valence-electron chi connectivity index (χ2n) is 6.29. The summed E-state index contributed by atoms with van der Waals surface area (Å²) in [5, 5.41) is 12.4. The van der Waals surface area contributed by atoms with E-state index in [1.54, 1.807) is 0 Å². The molecule has 0 aromatic heterocycles. The number of alkyl carbamates (subject to hydrolysis) is 1. The number of hydrogen-bond donors (Lipinski definition) is 1. The highest BCUT2D eigenvalue weighted by Gasteiger charge is 2.48. The van der Waals surface area contributed by atoms with E-state index in [2.05, 4.69) is 11.4 Å². The topological polar surface area (TPSA) is 79.2 Å². The first-order chi connectivity index (χ1) is 11.1. The van der Waals surface area contributed by atoms with E-state index in [0.29, 0.717) is 12.8 Å². The third-order valence-corrected chi connectivity index (χ3v) is 6.75. The van der Waals surface area contributed by atoms with Crippen LogP contribution in [0.5, 0.6) is 0 Å². The van der Waals surface area contributed by atoms with Crippen molar-refractivity contribution in [2.45, 2.75) is 54.7 Å². The summed E-state index contributed by atoms with van der Waals surface area (Å²) < 4.78 is 17.5. The zero-order valence-electron chi connectivity index (χ0n) is 12.9. The molecule has 2 heterocycles. The summed E-state index contributed by atoms with van der Waals surface area (Å²) >= 11 is 0. The van der Waals surface area contributed by atoms with E-state index >= 15 is 0 Å². The van der Waals surface area contributed by atoms with E-state index in [1.807, 2.05) is 30.3 Å². The Bertz CT molecular complexity index is 625. The Morgan fingerprint density at radius 2 is 1.96 bits per heavy atom. The molecule has 2 atom stereocenters. The highest BCUT2D eigenvalue weighted by atomic mass is 32.2. The van der Waals surface area contributed by atoms with Crippen LogP contribution in [0.4, 0.5) is 4.79 Å². The van der Waals surface area contributed by atoms with E-state index in [9.17, 15) is 14.3 Å². The molecule has 3 rings (SSSR count). The maximum atomic E-state index is 12.3. The fourth-order valence-corrected chi connectivity index (χ4v) is 5.72. The highest BCUT2D eigenvalue weighted by Crippen LogP contribution is 2.39. The van der Waals surface area contributed by atoms with E-state index in [1.165, 1.54) is 0 Å². The largest absolute Gasteiger partial charge is 0.445 e. The van der Waals surface area contributed by atoms with Crippen LogP contribution in [0, 0.1) is 11.3 Å². The summed E-state index contributed by atoms with van der Waals surface area (Å²) in [5.41, 5.74) is -0.0486. The van der Waals surface area contributed by atoms with Gasteiger partial charge in [-0.15, -0.1) is 0 Å². The van der Waals surface area contributed by atoms with Crippen molar-refractivity contribution in [2.24, 2.45) is 0 Å². The van der Waals surface area contributed by atoms with Gasteiger partial charge in [-0.25, -0.2) is 4.79 Å². The predicted octanol–water partition coefficient (Wildman–Crippen LogP) is 2.64. The molecule has 23 heavy (non-hydrogen) atoms. The minimum absolute atomic E-state index is 0.0107. The summed E-state index contributed by atoms with van der Waals surface area (Å²) in [5.74, 6) is 0. The molecule has 1 N–H and O–H groups in total. The Kier molecular flexibility index (Phi) is 4.67. The minimum atomic E-state index is -0.947. The van der Waals surface area contributed by atoms with Crippen LogP contribution >= 0.6 is 0 Å². The average Bonchev–Trinajstić information content (AvgIpc) is 2.55. The van der Waals surface area contributed by atoms with Gasteiger partial charge in [-0.3, -0.25) is 4.21 Å². The number of carbonyl (C=O) groups is 1. The molecule has 1 amide bonds. The summed E-state index contributed by atoms with van der Waals surface area (Å²) in [7, 11) is -0.876. The highest BCUT2D eigenvalue weighted by molar-refractivity contribution is 7.86. The standard InChI is InChI=1S/C17H20N2O3S/c18-12-17(9-14-7-4-8-15(10-17)23(14)21)19-16(20)22-11-13-5-2-1-3-6-13/h1-3,5-6,14-15H,4,7-11H2,(H,19,20). The van der Waals surface area contributed by atoms with Crippen molar-refractivity contribution < 1.29 is 13.7 Å². The molecule has 5 nitrogen and oxygen atoms in total. The van der Waals surface area contributed by atoms with Gasteiger partial charge in [0.25, 0.3) is 0 Å². The van der Waals surface area contributed by atoms with Gasteiger partial charge in [0.05, 0.1) is 6.07 Å². The predicted molar refractivity (Wildman–Crippen MR) is 86.9 cm³/mol. The second kappa shape index (κ2) is 6.71. The molecule has 2 aliphatic rings. The third kappa shape index (κ3) is 3.56. The van der Waals surface area contributed by atoms with Gasteiger partial charge in [0.1, 0.15) is 12.1 Å². The van der Waals surface area contributed by atoms with Gasteiger partial charge in [0, 0.05) is 21.3 Å². The SMILES string of the molecule is N#CC1(NC(=O)OCc2ccccc2)CC2CCCC(C1)S2=O. The van der Waals surface area contributed by atoms with Crippen molar-refractivity contribution in [1.82, 2.24) is 5.32 Å². The minimum Gasteiger partial charge on any atom is -0.445 e.